The molecule has 0 fully saturated rings. The van der Waals surface area contributed by atoms with Crippen LogP contribution in [0.5, 0.6) is 5.75 Å². The lowest BCUT2D eigenvalue weighted by Crippen LogP contribution is -2.23. The standard InChI is InChI=1S/C21H16Cl3NO2/c22-13-5-7-19-16(9-13)17-10-14(23)6-8-20(17)25(19)11-15(26)12-27-21-4-2-1-3-18(21)24/h1-10,15,26H,11-12H2/t15-/m1/s1. The number of nitrogens with zero attached hydrogens (tertiary/aromatic N) is 1. The first kappa shape index (κ1) is 18.5. The number of fused-ring (bicyclic) bond motifs is 3. The molecule has 0 bridgehead atoms. The van der Waals surface area contributed by atoms with E-state index in [0.29, 0.717) is 27.4 Å². The van der Waals surface area contributed by atoms with Crippen molar-refractivity contribution in [1.82, 2.24) is 4.57 Å². The van der Waals surface area contributed by atoms with Crippen LogP contribution >= 0.6 is 34.8 Å². The number of hydrogen-bond acceptors (Lipinski definition) is 2. The van der Waals surface area contributed by atoms with Gasteiger partial charge in [0.2, 0.25) is 0 Å². The second kappa shape index (κ2) is 7.61. The molecule has 4 aromatic rings. The molecule has 0 radical (unpaired) electrons. The van der Waals surface area contributed by atoms with Crippen molar-refractivity contribution >= 4 is 56.6 Å². The Bertz CT molecular complexity index is 1060. The fourth-order valence-electron chi connectivity index (χ4n) is 3.26. The molecule has 0 saturated heterocycles. The highest BCUT2D eigenvalue weighted by Crippen LogP contribution is 2.33. The number of hydrogen-bond donors (Lipinski definition) is 1. The van der Waals surface area contributed by atoms with Crippen LogP contribution in [0.1, 0.15) is 0 Å². The first-order valence-electron chi connectivity index (χ1n) is 8.45. The van der Waals surface area contributed by atoms with Crippen molar-refractivity contribution in [2.24, 2.45) is 0 Å². The van der Waals surface area contributed by atoms with Gasteiger partial charge >= 0.3 is 0 Å². The number of rotatable bonds is 5. The summed E-state index contributed by atoms with van der Waals surface area (Å²) >= 11 is 18.5. The summed E-state index contributed by atoms with van der Waals surface area (Å²) in [6, 6.07) is 18.6. The minimum absolute atomic E-state index is 0.131. The zero-order valence-corrected chi connectivity index (χ0v) is 16.5. The van der Waals surface area contributed by atoms with E-state index in [1.54, 1.807) is 12.1 Å². The van der Waals surface area contributed by atoms with Crippen LogP contribution in [0.2, 0.25) is 15.1 Å². The maximum Gasteiger partial charge on any atom is 0.138 e. The Morgan fingerprint density at radius 1 is 0.852 bits per heavy atom. The molecular formula is C21H16Cl3NO2. The predicted molar refractivity (Wildman–Crippen MR) is 112 cm³/mol. The third-order valence-corrected chi connectivity index (χ3v) is 5.23. The lowest BCUT2D eigenvalue weighted by atomic mass is 10.1. The topological polar surface area (TPSA) is 34.4 Å². The van der Waals surface area contributed by atoms with E-state index in [-0.39, 0.29) is 6.61 Å². The molecule has 3 nitrogen and oxygen atoms in total. The van der Waals surface area contributed by atoms with Gasteiger partial charge in [-0.2, -0.15) is 0 Å². The van der Waals surface area contributed by atoms with Crippen LogP contribution in [-0.4, -0.2) is 22.4 Å². The predicted octanol–water partition coefficient (Wildman–Crippen LogP) is 6.19. The third-order valence-electron chi connectivity index (χ3n) is 4.45. The van der Waals surface area contributed by atoms with E-state index < -0.39 is 6.10 Å². The number of halogens is 3. The van der Waals surface area contributed by atoms with Crippen LogP contribution in [0, 0.1) is 0 Å². The van der Waals surface area contributed by atoms with Crippen LogP contribution in [-0.2, 0) is 6.54 Å². The zero-order valence-electron chi connectivity index (χ0n) is 14.2. The van der Waals surface area contributed by atoms with Gasteiger partial charge in [0.1, 0.15) is 18.5 Å². The minimum Gasteiger partial charge on any atom is -0.489 e. The van der Waals surface area contributed by atoms with E-state index in [0.717, 1.165) is 21.8 Å². The summed E-state index contributed by atoms with van der Waals surface area (Å²) in [6.45, 7) is 0.500. The molecule has 0 aliphatic rings. The van der Waals surface area contributed by atoms with Gasteiger partial charge in [-0.25, -0.2) is 0 Å². The molecule has 1 aromatic heterocycles. The summed E-state index contributed by atoms with van der Waals surface area (Å²) in [7, 11) is 0. The van der Waals surface area contributed by atoms with Gasteiger partial charge in [-0.3, -0.25) is 0 Å². The quantitative estimate of drug-likeness (QED) is 0.417. The average Bonchev–Trinajstić information content (AvgIpc) is 2.93. The Kier molecular flexibility index (Phi) is 5.20. The fourth-order valence-corrected chi connectivity index (χ4v) is 3.79. The summed E-state index contributed by atoms with van der Waals surface area (Å²) < 4.78 is 7.73. The largest absolute Gasteiger partial charge is 0.489 e. The highest BCUT2D eigenvalue weighted by Gasteiger charge is 2.15. The van der Waals surface area contributed by atoms with E-state index >= 15 is 0 Å². The Morgan fingerprint density at radius 2 is 1.44 bits per heavy atom. The van der Waals surface area contributed by atoms with Crippen LogP contribution in [0.15, 0.2) is 60.7 Å². The van der Waals surface area contributed by atoms with E-state index in [1.807, 2.05) is 48.5 Å². The number of aliphatic hydroxyl groups excluding tert-OH is 1. The van der Waals surface area contributed by atoms with E-state index in [1.165, 1.54) is 0 Å². The molecule has 0 unspecified atom stereocenters. The summed E-state index contributed by atoms with van der Waals surface area (Å²) in [5.74, 6) is 0.555. The van der Waals surface area contributed by atoms with Crippen molar-refractivity contribution in [1.29, 1.82) is 0 Å². The molecule has 4 rings (SSSR count). The molecule has 0 saturated carbocycles. The number of ether oxygens (including phenoxy) is 1. The second-order valence-electron chi connectivity index (χ2n) is 6.33. The van der Waals surface area contributed by atoms with Crippen LogP contribution in [0.3, 0.4) is 0 Å². The Morgan fingerprint density at radius 3 is 2.04 bits per heavy atom. The first-order valence-corrected chi connectivity index (χ1v) is 9.59. The highest BCUT2D eigenvalue weighted by atomic mass is 35.5. The number of para-hydroxylation sites is 1. The smallest absolute Gasteiger partial charge is 0.138 e. The van der Waals surface area contributed by atoms with Gasteiger partial charge in [-0.15, -0.1) is 0 Å². The Hall–Kier alpha value is -1.91. The van der Waals surface area contributed by atoms with Crippen LogP contribution < -0.4 is 4.74 Å². The van der Waals surface area contributed by atoms with Gasteiger partial charge in [0, 0.05) is 31.9 Å². The molecule has 1 heterocycles. The summed E-state index contributed by atoms with van der Waals surface area (Å²) in [6.07, 6.45) is -0.716. The normalized spacial score (nSPS) is 12.6. The fraction of sp³-hybridized carbons (Fsp3) is 0.143. The molecular weight excluding hydrogens is 405 g/mol. The molecule has 0 amide bonds. The van der Waals surface area contributed by atoms with E-state index in [4.69, 9.17) is 39.5 Å². The lowest BCUT2D eigenvalue weighted by molar-refractivity contribution is 0.0945. The molecule has 0 spiro atoms. The van der Waals surface area contributed by atoms with Crippen LogP contribution in [0.4, 0.5) is 0 Å². The molecule has 0 aliphatic carbocycles. The monoisotopic (exact) mass is 419 g/mol. The van der Waals surface area contributed by atoms with Gasteiger partial charge < -0.3 is 14.4 Å². The maximum absolute atomic E-state index is 10.6. The molecule has 0 aliphatic heterocycles. The van der Waals surface area contributed by atoms with E-state index in [2.05, 4.69) is 4.57 Å². The SMILES string of the molecule is O[C@@H](COc1ccccc1Cl)Cn1c2ccc(Cl)cc2c2cc(Cl)ccc21. The van der Waals surface area contributed by atoms with Crippen molar-refractivity contribution in [3.63, 3.8) is 0 Å². The zero-order chi connectivity index (χ0) is 19.0. The molecule has 6 heteroatoms. The van der Waals surface area contributed by atoms with Crippen LogP contribution in [0.25, 0.3) is 21.8 Å². The van der Waals surface area contributed by atoms with E-state index in [9.17, 15) is 5.11 Å². The van der Waals surface area contributed by atoms with Crippen molar-refractivity contribution in [2.45, 2.75) is 12.6 Å². The second-order valence-corrected chi connectivity index (χ2v) is 7.61. The van der Waals surface area contributed by atoms with Gasteiger partial charge in [0.05, 0.1) is 11.6 Å². The van der Waals surface area contributed by atoms with Crippen molar-refractivity contribution < 1.29 is 9.84 Å². The van der Waals surface area contributed by atoms with Gasteiger partial charge in [0.25, 0.3) is 0 Å². The molecule has 1 N–H and O–H groups in total. The van der Waals surface area contributed by atoms with Gasteiger partial charge in [0.15, 0.2) is 0 Å². The first-order chi connectivity index (χ1) is 13.0. The summed E-state index contributed by atoms with van der Waals surface area (Å²) in [5, 5.41) is 14.4. The number of benzene rings is 3. The number of aromatic nitrogens is 1. The molecule has 1 atom stereocenters. The summed E-state index contributed by atoms with van der Waals surface area (Å²) in [4.78, 5) is 0. The highest BCUT2D eigenvalue weighted by molar-refractivity contribution is 6.33. The lowest BCUT2D eigenvalue weighted by Gasteiger charge is -2.15. The maximum atomic E-state index is 10.6. The van der Waals surface area contributed by atoms with Gasteiger partial charge in [-0.1, -0.05) is 46.9 Å². The number of aliphatic hydroxyl groups is 1. The van der Waals surface area contributed by atoms with Gasteiger partial charge in [-0.05, 0) is 48.5 Å². The Labute approximate surface area is 171 Å². The Balaban J connectivity index is 1.65. The molecule has 27 heavy (non-hydrogen) atoms. The molecule has 138 valence electrons. The van der Waals surface area contributed by atoms with Crippen molar-refractivity contribution in [2.75, 3.05) is 6.61 Å². The summed E-state index contributed by atoms with van der Waals surface area (Å²) in [5.41, 5.74) is 1.96. The van der Waals surface area contributed by atoms with Crippen molar-refractivity contribution in [3.8, 4) is 5.75 Å². The minimum atomic E-state index is -0.716. The van der Waals surface area contributed by atoms with Crippen molar-refractivity contribution in [3.05, 3.63) is 75.7 Å². The average molecular weight is 421 g/mol. The molecule has 3 aromatic carbocycles. The third kappa shape index (κ3) is 3.74.